The van der Waals surface area contributed by atoms with E-state index in [9.17, 15) is 18.0 Å². The van der Waals surface area contributed by atoms with Gasteiger partial charge in [0.1, 0.15) is 5.82 Å². The summed E-state index contributed by atoms with van der Waals surface area (Å²) in [5.74, 6) is -0.154. The molecule has 3 rings (SSSR count). The third kappa shape index (κ3) is 4.88. The minimum atomic E-state index is -3.38. The molecule has 1 saturated heterocycles. The standard InChI is InChI=1S/C19H20ClN3O4S/c1-28(26,27)16-4-2-3-14(11-16)19(25)23-9-7-13(8-10-23)18(24)22-17-6-5-15(20)12-21-17/h2-6,11-13H,7-10H2,1H3,(H,21,22,24). The van der Waals surface area contributed by atoms with Crippen LogP contribution in [0.1, 0.15) is 23.2 Å². The van der Waals surface area contributed by atoms with E-state index in [1.54, 1.807) is 29.2 Å². The molecule has 0 bridgehead atoms. The molecule has 0 aliphatic carbocycles. The molecule has 0 unspecified atom stereocenters. The predicted molar refractivity (Wildman–Crippen MR) is 106 cm³/mol. The van der Waals surface area contributed by atoms with Gasteiger partial charge < -0.3 is 10.2 Å². The molecule has 2 heterocycles. The lowest BCUT2D eigenvalue weighted by Gasteiger charge is -2.31. The number of carbonyl (C=O) groups excluding carboxylic acids is 2. The number of halogens is 1. The van der Waals surface area contributed by atoms with E-state index in [0.29, 0.717) is 42.3 Å². The van der Waals surface area contributed by atoms with E-state index in [2.05, 4.69) is 10.3 Å². The number of nitrogens with zero attached hydrogens (tertiary/aromatic N) is 2. The molecule has 0 saturated carbocycles. The Morgan fingerprint density at radius 3 is 2.50 bits per heavy atom. The average molecular weight is 422 g/mol. The number of carbonyl (C=O) groups is 2. The van der Waals surface area contributed by atoms with Gasteiger partial charge in [-0.3, -0.25) is 9.59 Å². The largest absolute Gasteiger partial charge is 0.339 e. The Hall–Kier alpha value is -2.45. The lowest BCUT2D eigenvalue weighted by atomic mass is 9.95. The molecule has 7 nitrogen and oxygen atoms in total. The van der Waals surface area contributed by atoms with Crippen molar-refractivity contribution in [1.29, 1.82) is 0 Å². The Morgan fingerprint density at radius 1 is 1.18 bits per heavy atom. The highest BCUT2D eigenvalue weighted by molar-refractivity contribution is 7.90. The highest BCUT2D eigenvalue weighted by Crippen LogP contribution is 2.22. The monoisotopic (exact) mass is 421 g/mol. The van der Waals surface area contributed by atoms with Gasteiger partial charge in [0, 0.05) is 37.0 Å². The van der Waals surface area contributed by atoms with Gasteiger partial charge in [-0.25, -0.2) is 13.4 Å². The van der Waals surface area contributed by atoms with Crippen LogP contribution in [-0.4, -0.2) is 49.5 Å². The number of likely N-dealkylation sites (tertiary alicyclic amines) is 1. The molecular weight excluding hydrogens is 402 g/mol. The van der Waals surface area contributed by atoms with Crippen molar-refractivity contribution >= 4 is 39.1 Å². The van der Waals surface area contributed by atoms with Crippen molar-refractivity contribution in [2.75, 3.05) is 24.7 Å². The summed E-state index contributed by atoms with van der Waals surface area (Å²) < 4.78 is 23.4. The molecule has 148 valence electrons. The minimum absolute atomic E-state index is 0.114. The smallest absolute Gasteiger partial charge is 0.253 e. The van der Waals surface area contributed by atoms with Gasteiger partial charge in [-0.05, 0) is 43.2 Å². The molecule has 1 aliphatic rings. The lowest BCUT2D eigenvalue weighted by molar-refractivity contribution is -0.121. The molecule has 2 amide bonds. The highest BCUT2D eigenvalue weighted by atomic mass is 35.5. The van der Waals surface area contributed by atoms with Crippen LogP contribution in [0.3, 0.4) is 0 Å². The van der Waals surface area contributed by atoms with Crippen LogP contribution in [0.15, 0.2) is 47.5 Å². The third-order valence-corrected chi connectivity index (χ3v) is 5.97. The first kappa shape index (κ1) is 20.3. The zero-order valence-electron chi connectivity index (χ0n) is 15.3. The van der Waals surface area contributed by atoms with Crippen LogP contribution in [-0.2, 0) is 14.6 Å². The quantitative estimate of drug-likeness (QED) is 0.818. The van der Waals surface area contributed by atoms with E-state index in [4.69, 9.17) is 11.6 Å². The van der Waals surface area contributed by atoms with E-state index >= 15 is 0 Å². The number of anilines is 1. The second-order valence-corrected chi connectivity index (χ2v) is 9.17. The minimum Gasteiger partial charge on any atom is -0.339 e. The van der Waals surface area contributed by atoms with Gasteiger partial charge in [-0.15, -0.1) is 0 Å². The van der Waals surface area contributed by atoms with Crippen LogP contribution in [0.2, 0.25) is 5.02 Å². The number of benzene rings is 1. The fourth-order valence-corrected chi connectivity index (χ4v) is 3.84. The van der Waals surface area contributed by atoms with Crippen molar-refractivity contribution in [3.63, 3.8) is 0 Å². The maximum Gasteiger partial charge on any atom is 0.253 e. The van der Waals surface area contributed by atoms with Crippen LogP contribution >= 0.6 is 11.6 Å². The van der Waals surface area contributed by atoms with E-state index in [0.717, 1.165) is 6.26 Å². The summed E-state index contributed by atoms with van der Waals surface area (Å²) in [5.41, 5.74) is 0.330. The zero-order valence-corrected chi connectivity index (χ0v) is 16.8. The molecule has 1 aromatic heterocycles. The van der Waals surface area contributed by atoms with Gasteiger partial charge in [0.2, 0.25) is 5.91 Å². The molecule has 0 radical (unpaired) electrons. The zero-order chi connectivity index (χ0) is 20.3. The van der Waals surface area contributed by atoms with Crippen molar-refractivity contribution in [1.82, 2.24) is 9.88 Å². The average Bonchev–Trinajstić information content (AvgIpc) is 2.69. The highest BCUT2D eigenvalue weighted by Gasteiger charge is 2.28. The molecule has 2 aromatic rings. The summed E-state index contributed by atoms with van der Waals surface area (Å²) in [6.07, 6.45) is 3.62. The number of piperidine rings is 1. The van der Waals surface area contributed by atoms with Crippen molar-refractivity contribution < 1.29 is 18.0 Å². The predicted octanol–water partition coefficient (Wildman–Crippen LogP) is 2.63. The number of rotatable bonds is 4. The lowest BCUT2D eigenvalue weighted by Crippen LogP contribution is -2.41. The van der Waals surface area contributed by atoms with E-state index in [1.165, 1.54) is 18.3 Å². The summed E-state index contributed by atoms with van der Waals surface area (Å²) in [4.78, 5) is 30.9. The van der Waals surface area contributed by atoms with E-state index in [-0.39, 0.29) is 22.6 Å². The molecule has 1 aliphatic heterocycles. The van der Waals surface area contributed by atoms with Gasteiger partial charge in [-0.2, -0.15) is 0 Å². The van der Waals surface area contributed by atoms with Gasteiger partial charge in [0.15, 0.2) is 9.84 Å². The van der Waals surface area contributed by atoms with Gasteiger partial charge in [0.05, 0.1) is 9.92 Å². The molecule has 1 aromatic carbocycles. The summed E-state index contributed by atoms with van der Waals surface area (Å²) >= 11 is 5.78. The summed E-state index contributed by atoms with van der Waals surface area (Å²) in [5, 5.41) is 3.25. The molecular formula is C19H20ClN3O4S. The van der Waals surface area contributed by atoms with Crippen molar-refractivity contribution in [2.24, 2.45) is 5.92 Å². The fourth-order valence-electron chi connectivity index (χ4n) is 3.07. The number of hydrogen-bond donors (Lipinski definition) is 1. The van der Waals surface area contributed by atoms with Gasteiger partial charge in [0.25, 0.3) is 5.91 Å². The van der Waals surface area contributed by atoms with Crippen LogP contribution < -0.4 is 5.32 Å². The Labute approximate surface area is 168 Å². The second-order valence-electron chi connectivity index (χ2n) is 6.72. The van der Waals surface area contributed by atoms with Crippen molar-refractivity contribution in [2.45, 2.75) is 17.7 Å². The number of pyridine rings is 1. The van der Waals surface area contributed by atoms with Gasteiger partial charge in [-0.1, -0.05) is 17.7 Å². The first-order valence-corrected chi connectivity index (χ1v) is 11.0. The second kappa shape index (κ2) is 8.28. The summed E-state index contributed by atoms with van der Waals surface area (Å²) in [6, 6.07) is 9.30. The summed E-state index contributed by atoms with van der Waals surface area (Å²) in [7, 11) is -3.38. The van der Waals surface area contributed by atoms with Crippen molar-refractivity contribution in [3.8, 4) is 0 Å². The molecule has 0 atom stereocenters. The molecule has 1 N–H and O–H groups in total. The number of aromatic nitrogens is 1. The molecule has 28 heavy (non-hydrogen) atoms. The Kier molecular flexibility index (Phi) is 6.00. The fraction of sp³-hybridized carbons (Fsp3) is 0.316. The SMILES string of the molecule is CS(=O)(=O)c1cccc(C(=O)N2CCC(C(=O)Nc3ccc(Cl)cn3)CC2)c1. The Balaban J connectivity index is 1.59. The van der Waals surface area contributed by atoms with Crippen LogP contribution in [0.5, 0.6) is 0 Å². The molecule has 0 spiro atoms. The topological polar surface area (TPSA) is 96.4 Å². The Bertz CT molecular complexity index is 984. The number of amides is 2. The normalized spacial score (nSPS) is 15.3. The third-order valence-electron chi connectivity index (χ3n) is 4.64. The maximum absolute atomic E-state index is 12.7. The van der Waals surface area contributed by atoms with E-state index < -0.39 is 9.84 Å². The van der Waals surface area contributed by atoms with Crippen LogP contribution in [0.25, 0.3) is 0 Å². The summed E-state index contributed by atoms with van der Waals surface area (Å²) in [6.45, 7) is 0.849. The van der Waals surface area contributed by atoms with Crippen LogP contribution in [0, 0.1) is 5.92 Å². The Morgan fingerprint density at radius 2 is 1.89 bits per heavy atom. The van der Waals surface area contributed by atoms with Crippen LogP contribution in [0.4, 0.5) is 5.82 Å². The first-order chi connectivity index (χ1) is 13.2. The van der Waals surface area contributed by atoms with E-state index in [1.807, 2.05) is 0 Å². The first-order valence-electron chi connectivity index (χ1n) is 8.76. The number of sulfone groups is 1. The van der Waals surface area contributed by atoms with Crippen molar-refractivity contribution in [3.05, 3.63) is 53.2 Å². The molecule has 1 fully saturated rings. The maximum atomic E-state index is 12.7. The number of nitrogens with one attached hydrogen (secondary N) is 1. The van der Waals surface area contributed by atoms with Gasteiger partial charge >= 0.3 is 0 Å². The molecule has 9 heteroatoms. The number of hydrogen-bond acceptors (Lipinski definition) is 5.